The Morgan fingerprint density at radius 2 is 1.18 bits per heavy atom. The Bertz CT molecular complexity index is 585. The first-order valence-corrected chi connectivity index (χ1v) is 7.80. The number of nitrogens with one attached hydrogen (secondary N) is 1. The van der Waals surface area contributed by atoms with E-state index in [1.165, 1.54) is 11.1 Å². The normalized spacial score (nSPS) is 30.4. The van der Waals surface area contributed by atoms with E-state index in [2.05, 4.69) is 72.9 Å². The van der Waals surface area contributed by atoms with Gasteiger partial charge in [-0.1, -0.05) is 79.7 Å². The fourth-order valence-corrected chi connectivity index (χ4v) is 3.51. The molecule has 0 spiro atoms. The molecule has 1 aliphatic heterocycles. The average molecular weight is 294 g/mol. The smallest absolute Gasteiger partial charge is 0.0664 e. The second kappa shape index (κ2) is 6.32. The molecule has 3 rings (SSSR count). The summed E-state index contributed by atoms with van der Waals surface area (Å²) in [6.45, 7) is 4.24. The summed E-state index contributed by atoms with van der Waals surface area (Å²) >= 11 is 0. The molecule has 3 heteroatoms. The Kier molecular flexibility index (Phi) is 4.25. The number of rotatable bonds is 2. The molecule has 114 valence electrons. The summed E-state index contributed by atoms with van der Waals surface area (Å²) in [6, 6.07) is 21.0. The third-order valence-electron chi connectivity index (χ3n) is 4.73. The first-order chi connectivity index (χ1) is 10.7. The van der Waals surface area contributed by atoms with Crippen LogP contribution < -0.4 is 5.32 Å². The van der Waals surface area contributed by atoms with Crippen LogP contribution in [0, 0.1) is 11.8 Å². The van der Waals surface area contributed by atoms with Gasteiger partial charge in [0.25, 0.3) is 0 Å². The lowest BCUT2D eigenvalue weighted by Crippen LogP contribution is -2.46. The van der Waals surface area contributed by atoms with Gasteiger partial charge in [0.2, 0.25) is 0 Å². The van der Waals surface area contributed by atoms with E-state index in [0.717, 1.165) is 5.71 Å². The molecule has 2 aromatic carbocycles. The highest BCUT2D eigenvalue weighted by molar-refractivity contribution is 5.90. The highest BCUT2D eigenvalue weighted by atomic mass is 16.4. The van der Waals surface area contributed by atoms with E-state index in [-0.39, 0.29) is 23.9 Å². The number of hydrogen-bond acceptors (Lipinski definition) is 3. The van der Waals surface area contributed by atoms with Crippen LogP contribution in [0.5, 0.6) is 0 Å². The second-order valence-corrected chi connectivity index (χ2v) is 6.05. The van der Waals surface area contributed by atoms with Gasteiger partial charge in [-0.15, -0.1) is 0 Å². The molecule has 0 aliphatic carbocycles. The molecular weight excluding hydrogens is 272 g/mol. The van der Waals surface area contributed by atoms with Crippen LogP contribution in [0.3, 0.4) is 0 Å². The van der Waals surface area contributed by atoms with Gasteiger partial charge in [-0.05, 0) is 11.1 Å². The molecule has 0 saturated carbocycles. The summed E-state index contributed by atoms with van der Waals surface area (Å²) in [5, 5.41) is 16.9. The summed E-state index contributed by atoms with van der Waals surface area (Å²) in [6.07, 6.45) is 0. The fourth-order valence-electron chi connectivity index (χ4n) is 3.51. The molecule has 4 atom stereocenters. The SMILES string of the molecule is C[C@H]1C(=NO)[C@H](C)[C@H](c2ccccc2)N[C@@H]1c1ccccc1. The first-order valence-electron chi connectivity index (χ1n) is 7.80. The number of piperidine rings is 1. The molecule has 22 heavy (non-hydrogen) atoms. The molecule has 1 heterocycles. The largest absolute Gasteiger partial charge is 0.411 e. The minimum Gasteiger partial charge on any atom is -0.411 e. The number of oxime groups is 1. The maximum absolute atomic E-state index is 9.52. The van der Waals surface area contributed by atoms with Gasteiger partial charge in [-0.3, -0.25) is 0 Å². The van der Waals surface area contributed by atoms with Crippen molar-refractivity contribution in [3.63, 3.8) is 0 Å². The topological polar surface area (TPSA) is 44.6 Å². The molecule has 1 saturated heterocycles. The summed E-state index contributed by atoms with van der Waals surface area (Å²) in [4.78, 5) is 0. The van der Waals surface area contributed by atoms with Crippen LogP contribution in [0.2, 0.25) is 0 Å². The van der Waals surface area contributed by atoms with Crippen LogP contribution >= 0.6 is 0 Å². The van der Waals surface area contributed by atoms with Crippen molar-refractivity contribution in [1.29, 1.82) is 0 Å². The predicted octanol–water partition coefficient (Wildman–Crippen LogP) is 4.17. The quantitative estimate of drug-likeness (QED) is 0.645. The van der Waals surface area contributed by atoms with Crippen molar-refractivity contribution >= 4 is 5.71 Å². The summed E-state index contributed by atoms with van der Waals surface area (Å²) < 4.78 is 0. The van der Waals surface area contributed by atoms with Gasteiger partial charge in [-0.25, -0.2) is 0 Å². The van der Waals surface area contributed by atoms with Gasteiger partial charge >= 0.3 is 0 Å². The van der Waals surface area contributed by atoms with Gasteiger partial charge in [0.05, 0.1) is 5.71 Å². The molecule has 0 amide bonds. The van der Waals surface area contributed by atoms with E-state index in [0.29, 0.717) is 0 Å². The van der Waals surface area contributed by atoms with Crippen molar-refractivity contribution < 1.29 is 5.21 Å². The van der Waals surface area contributed by atoms with Crippen molar-refractivity contribution in [3.8, 4) is 0 Å². The van der Waals surface area contributed by atoms with Crippen molar-refractivity contribution in [2.24, 2.45) is 17.0 Å². The molecule has 1 fully saturated rings. The molecule has 3 nitrogen and oxygen atoms in total. The fraction of sp³-hybridized carbons (Fsp3) is 0.316. The van der Waals surface area contributed by atoms with Gasteiger partial charge < -0.3 is 10.5 Å². The van der Waals surface area contributed by atoms with Crippen LogP contribution in [0.1, 0.15) is 37.1 Å². The first kappa shape index (κ1) is 14.8. The lowest BCUT2D eigenvalue weighted by molar-refractivity contribution is 0.271. The van der Waals surface area contributed by atoms with E-state index in [4.69, 9.17) is 0 Å². The average Bonchev–Trinajstić information content (AvgIpc) is 2.57. The zero-order valence-electron chi connectivity index (χ0n) is 13.0. The molecule has 1 aliphatic rings. The van der Waals surface area contributed by atoms with Crippen LogP contribution in [-0.4, -0.2) is 10.9 Å². The third-order valence-corrected chi connectivity index (χ3v) is 4.73. The van der Waals surface area contributed by atoms with Crippen LogP contribution in [0.15, 0.2) is 65.8 Å². The maximum Gasteiger partial charge on any atom is 0.0664 e. The van der Waals surface area contributed by atoms with E-state index in [1.807, 2.05) is 12.1 Å². The van der Waals surface area contributed by atoms with Crippen LogP contribution in [-0.2, 0) is 0 Å². The van der Waals surface area contributed by atoms with E-state index in [9.17, 15) is 5.21 Å². The number of benzene rings is 2. The number of nitrogens with zero attached hydrogens (tertiary/aromatic N) is 1. The monoisotopic (exact) mass is 294 g/mol. The molecule has 2 N–H and O–H groups in total. The van der Waals surface area contributed by atoms with Crippen molar-refractivity contribution in [2.75, 3.05) is 0 Å². The van der Waals surface area contributed by atoms with Gasteiger partial charge in [0.1, 0.15) is 0 Å². The van der Waals surface area contributed by atoms with E-state index in [1.54, 1.807) is 0 Å². The predicted molar refractivity (Wildman–Crippen MR) is 89.1 cm³/mol. The molecule has 0 bridgehead atoms. The van der Waals surface area contributed by atoms with Crippen molar-refractivity contribution in [3.05, 3.63) is 71.8 Å². The van der Waals surface area contributed by atoms with E-state index >= 15 is 0 Å². The number of hydrogen-bond donors (Lipinski definition) is 2. The van der Waals surface area contributed by atoms with Gasteiger partial charge in [0, 0.05) is 23.9 Å². The van der Waals surface area contributed by atoms with Crippen LogP contribution in [0.4, 0.5) is 0 Å². The molecular formula is C19H22N2O. The van der Waals surface area contributed by atoms with Crippen molar-refractivity contribution in [1.82, 2.24) is 5.32 Å². The summed E-state index contributed by atoms with van der Waals surface area (Å²) in [5.41, 5.74) is 3.31. The zero-order valence-corrected chi connectivity index (χ0v) is 13.0. The van der Waals surface area contributed by atoms with E-state index < -0.39 is 0 Å². The Morgan fingerprint density at radius 1 is 0.773 bits per heavy atom. The van der Waals surface area contributed by atoms with Crippen LogP contribution in [0.25, 0.3) is 0 Å². The Morgan fingerprint density at radius 3 is 1.55 bits per heavy atom. The highest BCUT2D eigenvalue weighted by Gasteiger charge is 2.38. The highest BCUT2D eigenvalue weighted by Crippen LogP contribution is 2.38. The summed E-state index contributed by atoms with van der Waals surface area (Å²) in [5.74, 6) is 0.310. The Balaban J connectivity index is 1.99. The lowest BCUT2D eigenvalue weighted by atomic mass is 9.75. The van der Waals surface area contributed by atoms with Gasteiger partial charge in [-0.2, -0.15) is 0 Å². The molecule has 0 radical (unpaired) electrons. The molecule has 0 unspecified atom stereocenters. The minimum atomic E-state index is 0.147. The maximum atomic E-state index is 9.52. The Labute approximate surface area is 131 Å². The Hall–Kier alpha value is -2.13. The molecule has 2 aromatic rings. The molecule has 0 aromatic heterocycles. The second-order valence-electron chi connectivity index (χ2n) is 6.05. The van der Waals surface area contributed by atoms with Crippen molar-refractivity contribution in [2.45, 2.75) is 25.9 Å². The zero-order chi connectivity index (χ0) is 15.5. The standard InChI is InChI=1S/C19H22N2O/c1-13-17(21-22)14(2)19(16-11-7-4-8-12-16)20-18(13)15-9-5-3-6-10-15/h3-14,18-20,22H,1-2H3/t13-,14-,18-,19+/m0/s1. The third kappa shape index (κ3) is 2.64. The van der Waals surface area contributed by atoms with Gasteiger partial charge in [0.15, 0.2) is 0 Å². The summed E-state index contributed by atoms with van der Waals surface area (Å²) in [7, 11) is 0. The lowest BCUT2D eigenvalue weighted by Gasteiger charge is -2.41. The minimum absolute atomic E-state index is 0.147.